The molecule has 1 saturated heterocycles. The molecule has 1 heterocycles. The maximum Gasteiger partial charge on any atom is 0.414 e. The van der Waals surface area contributed by atoms with Crippen LogP contribution in [0.2, 0.25) is 0 Å². The van der Waals surface area contributed by atoms with E-state index in [1.54, 1.807) is 0 Å². The Bertz CT molecular complexity index is 766. The van der Waals surface area contributed by atoms with E-state index in [1.165, 1.54) is 5.56 Å². The summed E-state index contributed by atoms with van der Waals surface area (Å²) in [5.74, 6) is -2.74. The molecule has 30 heavy (non-hydrogen) atoms. The van der Waals surface area contributed by atoms with Crippen molar-refractivity contribution < 1.29 is 29.3 Å². The lowest BCUT2D eigenvalue weighted by atomic mass is 10.1. The summed E-state index contributed by atoms with van der Waals surface area (Å²) in [4.78, 5) is 20.6. The third kappa shape index (κ3) is 8.60. The van der Waals surface area contributed by atoms with Crippen molar-refractivity contribution in [3.8, 4) is 16.9 Å². The first kappa shape index (κ1) is 23.3. The van der Waals surface area contributed by atoms with Crippen LogP contribution in [0, 0.1) is 0 Å². The summed E-state index contributed by atoms with van der Waals surface area (Å²) in [6.07, 6.45) is 0. The number of aliphatic carboxylic acids is 2. The van der Waals surface area contributed by atoms with Crippen molar-refractivity contribution >= 4 is 11.9 Å². The van der Waals surface area contributed by atoms with Crippen LogP contribution < -0.4 is 10.1 Å². The van der Waals surface area contributed by atoms with Gasteiger partial charge in [-0.3, -0.25) is 4.90 Å². The Balaban J connectivity index is 0.000000469. The molecule has 0 atom stereocenters. The number of hydrogen-bond donors (Lipinski definition) is 3. The van der Waals surface area contributed by atoms with Crippen LogP contribution in [0.25, 0.3) is 11.1 Å². The number of piperazine rings is 1. The van der Waals surface area contributed by atoms with Crippen molar-refractivity contribution in [3.63, 3.8) is 0 Å². The summed E-state index contributed by atoms with van der Waals surface area (Å²) in [5, 5.41) is 18.1. The molecule has 8 heteroatoms. The summed E-state index contributed by atoms with van der Waals surface area (Å²) in [6, 6.07) is 18.5. The second-order valence-corrected chi connectivity index (χ2v) is 6.52. The average Bonchev–Trinajstić information content (AvgIpc) is 2.78. The van der Waals surface area contributed by atoms with Gasteiger partial charge in [0.25, 0.3) is 0 Å². The van der Waals surface area contributed by atoms with Gasteiger partial charge in [0.15, 0.2) is 0 Å². The second-order valence-electron chi connectivity index (χ2n) is 6.52. The standard InChI is InChI=1S/C20H26N2O2.C2H2O4/c1-2-6-18(7-3-1)19-8-4-5-9-20(19)24-17-16-23-15-14-22-12-10-21-11-13-22;3-1(4)2(5)6/h1-9,21H,10-17H2;(H,3,4)(H,5,6). The number of benzene rings is 2. The molecule has 0 unspecified atom stereocenters. The van der Waals surface area contributed by atoms with Crippen LogP contribution in [0.3, 0.4) is 0 Å². The third-order valence-electron chi connectivity index (χ3n) is 4.40. The molecule has 8 nitrogen and oxygen atoms in total. The lowest BCUT2D eigenvalue weighted by Gasteiger charge is -2.26. The molecule has 1 fully saturated rings. The minimum atomic E-state index is -1.82. The summed E-state index contributed by atoms with van der Waals surface area (Å²) >= 11 is 0. The van der Waals surface area contributed by atoms with Crippen LogP contribution in [-0.4, -0.2) is 79.6 Å². The zero-order chi connectivity index (χ0) is 21.6. The first-order valence-corrected chi connectivity index (χ1v) is 9.82. The molecule has 0 aliphatic carbocycles. The molecule has 2 aromatic carbocycles. The molecule has 0 saturated carbocycles. The molecule has 3 rings (SSSR count). The maximum absolute atomic E-state index is 9.10. The van der Waals surface area contributed by atoms with Gasteiger partial charge in [-0.1, -0.05) is 48.5 Å². The topological polar surface area (TPSA) is 108 Å². The fourth-order valence-electron chi connectivity index (χ4n) is 2.89. The minimum Gasteiger partial charge on any atom is -0.491 e. The predicted molar refractivity (Wildman–Crippen MR) is 113 cm³/mol. The van der Waals surface area contributed by atoms with Crippen molar-refractivity contribution in [2.45, 2.75) is 0 Å². The van der Waals surface area contributed by atoms with Crippen molar-refractivity contribution in [2.24, 2.45) is 0 Å². The zero-order valence-electron chi connectivity index (χ0n) is 16.8. The van der Waals surface area contributed by atoms with Crippen molar-refractivity contribution in [1.82, 2.24) is 10.2 Å². The van der Waals surface area contributed by atoms with Crippen LogP contribution in [0.5, 0.6) is 5.75 Å². The van der Waals surface area contributed by atoms with E-state index in [9.17, 15) is 0 Å². The maximum atomic E-state index is 9.10. The highest BCUT2D eigenvalue weighted by atomic mass is 16.5. The summed E-state index contributed by atoms with van der Waals surface area (Å²) in [7, 11) is 0. The van der Waals surface area contributed by atoms with E-state index in [0.29, 0.717) is 13.2 Å². The van der Waals surface area contributed by atoms with Gasteiger partial charge in [-0.05, 0) is 11.6 Å². The Kier molecular flexibility index (Phi) is 10.4. The monoisotopic (exact) mass is 416 g/mol. The molecule has 0 bridgehead atoms. The molecule has 1 aliphatic heterocycles. The van der Waals surface area contributed by atoms with Crippen molar-refractivity contribution in [3.05, 3.63) is 54.6 Å². The number of hydrogen-bond acceptors (Lipinski definition) is 6. The second kappa shape index (κ2) is 13.3. The highest BCUT2D eigenvalue weighted by Gasteiger charge is 2.09. The molecule has 2 aromatic rings. The average molecular weight is 416 g/mol. The number of para-hydroxylation sites is 1. The Labute approximate surface area is 176 Å². The highest BCUT2D eigenvalue weighted by Crippen LogP contribution is 2.29. The van der Waals surface area contributed by atoms with Gasteiger partial charge in [-0.25, -0.2) is 9.59 Å². The van der Waals surface area contributed by atoms with E-state index in [0.717, 1.165) is 50.6 Å². The predicted octanol–water partition coefficient (Wildman–Crippen LogP) is 1.81. The number of carboxylic acid groups (broad SMARTS) is 2. The molecule has 1 aliphatic rings. The highest BCUT2D eigenvalue weighted by molar-refractivity contribution is 6.27. The van der Waals surface area contributed by atoms with Gasteiger partial charge in [0.1, 0.15) is 12.4 Å². The van der Waals surface area contributed by atoms with Crippen LogP contribution in [0.4, 0.5) is 0 Å². The van der Waals surface area contributed by atoms with Gasteiger partial charge in [-0.15, -0.1) is 0 Å². The number of nitrogens with one attached hydrogen (secondary N) is 1. The number of rotatable bonds is 8. The van der Waals surface area contributed by atoms with Crippen LogP contribution in [0.1, 0.15) is 0 Å². The van der Waals surface area contributed by atoms with Gasteiger partial charge in [0.05, 0.1) is 13.2 Å². The SMILES string of the molecule is O=C(O)C(=O)O.c1ccc(-c2ccccc2OCCOCCN2CCNCC2)cc1. The molecule has 162 valence electrons. The third-order valence-corrected chi connectivity index (χ3v) is 4.40. The Morgan fingerprint density at radius 3 is 2.17 bits per heavy atom. The summed E-state index contributed by atoms with van der Waals surface area (Å²) in [6.45, 7) is 7.36. The van der Waals surface area contributed by atoms with E-state index in [4.69, 9.17) is 29.3 Å². The van der Waals surface area contributed by atoms with E-state index >= 15 is 0 Å². The van der Waals surface area contributed by atoms with Gasteiger partial charge < -0.3 is 25.0 Å². The molecule has 0 aromatic heterocycles. The molecule has 0 radical (unpaired) electrons. The molecule has 0 spiro atoms. The quantitative estimate of drug-likeness (QED) is 0.442. The van der Waals surface area contributed by atoms with E-state index in [2.05, 4.69) is 28.4 Å². The normalized spacial score (nSPS) is 13.7. The zero-order valence-corrected chi connectivity index (χ0v) is 16.8. The lowest BCUT2D eigenvalue weighted by Crippen LogP contribution is -2.44. The van der Waals surface area contributed by atoms with E-state index < -0.39 is 11.9 Å². The van der Waals surface area contributed by atoms with E-state index in [-0.39, 0.29) is 0 Å². The summed E-state index contributed by atoms with van der Waals surface area (Å²) < 4.78 is 11.7. The van der Waals surface area contributed by atoms with Crippen LogP contribution >= 0.6 is 0 Å². The molecular weight excluding hydrogens is 388 g/mol. The van der Waals surface area contributed by atoms with Crippen LogP contribution in [0.15, 0.2) is 54.6 Å². The Morgan fingerprint density at radius 2 is 1.50 bits per heavy atom. The number of carboxylic acids is 2. The van der Waals surface area contributed by atoms with Crippen molar-refractivity contribution in [2.75, 3.05) is 52.5 Å². The largest absolute Gasteiger partial charge is 0.491 e. The van der Waals surface area contributed by atoms with E-state index in [1.807, 2.05) is 36.4 Å². The first-order chi connectivity index (χ1) is 14.6. The fraction of sp³-hybridized carbons (Fsp3) is 0.364. The Morgan fingerprint density at radius 1 is 0.867 bits per heavy atom. The molecule has 3 N–H and O–H groups in total. The first-order valence-electron chi connectivity index (χ1n) is 9.82. The minimum absolute atomic E-state index is 0.575. The fourth-order valence-corrected chi connectivity index (χ4v) is 2.89. The smallest absolute Gasteiger partial charge is 0.414 e. The Hall–Kier alpha value is -2.94. The van der Waals surface area contributed by atoms with Crippen LogP contribution in [-0.2, 0) is 14.3 Å². The van der Waals surface area contributed by atoms with Gasteiger partial charge in [0.2, 0.25) is 0 Å². The van der Waals surface area contributed by atoms with Crippen molar-refractivity contribution in [1.29, 1.82) is 0 Å². The van der Waals surface area contributed by atoms with Gasteiger partial charge in [-0.2, -0.15) is 0 Å². The summed E-state index contributed by atoms with van der Waals surface area (Å²) in [5.41, 5.74) is 2.30. The van der Waals surface area contributed by atoms with Gasteiger partial charge >= 0.3 is 11.9 Å². The van der Waals surface area contributed by atoms with Gasteiger partial charge in [0, 0.05) is 38.3 Å². The molecule has 0 amide bonds. The molecular formula is C22H28N2O6. The number of carbonyl (C=O) groups is 2. The lowest BCUT2D eigenvalue weighted by molar-refractivity contribution is -0.159. The number of ether oxygens (including phenoxy) is 2. The number of nitrogens with zero attached hydrogens (tertiary/aromatic N) is 1.